The molecule has 0 spiro atoms. The van der Waals surface area contributed by atoms with Crippen LogP contribution in [-0.4, -0.2) is 26.4 Å². The van der Waals surface area contributed by atoms with Gasteiger partial charge in [0.25, 0.3) is 0 Å². The van der Waals surface area contributed by atoms with Crippen LogP contribution in [0.1, 0.15) is 5.56 Å². The second-order valence-corrected chi connectivity index (χ2v) is 3.63. The number of phenols is 2. The second kappa shape index (κ2) is 5.33. The summed E-state index contributed by atoms with van der Waals surface area (Å²) in [4.78, 5) is 7.72. The van der Waals surface area contributed by atoms with E-state index in [2.05, 4.69) is 20.5 Å². The average molecular weight is 265 g/mol. The van der Waals surface area contributed by atoms with Crippen LogP contribution in [0.3, 0.4) is 0 Å². The van der Waals surface area contributed by atoms with E-state index in [1.807, 2.05) is 0 Å². The maximum Gasteiger partial charge on any atom is 0.184 e. The van der Waals surface area contributed by atoms with E-state index in [1.54, 1.807) is 0 Å². The summed E-state index contributed by atoms with van der Waals surface area (Å²) >= 11 is 5.76. The molecule has 2 rings (SSSR count). The Morgan fingerprint density at radius 1 is 1.17 bits per heavy atom. The van der Waals surface area contributed by atoms with Crippen molar-refractivity contribution in [3.63, 3.8) is 0 Å². The molecule has 0 unspecified atom stereocenters. The lowest BCUT2D eigenvalue weighted by Crippen LogP contribution is -1.95. The van der Waals surface area contributed by atoms with Gasteiger partial charge >= 0.3 is 0 Å². The Labute approximate surface area is 108 Å². The normalized spacial score (nSPS) is 10.7. The third kappa shape index (κ3) is 2.67. The SMILES string of the molecule is Oc1cccc(O)c1/C=N\Nc1nccnc1Cl. The van der Waals surface area contributed by atoms with Gasteiger partial charge in [0.2, 0.25) is 0 Å². The molecule has 18 heavy (non-hydrogen) atoms. The van der Waals surface area contributed by atoms with Crippen molar-refractivity contribution in [3.05, 3.63) is 41.3 Å². The molecule has 1 aromatic heterocycles. The Bertz CT molecular complexity index is 569. The summed E-state index contributed by atoms with van der Waals surface area (Å²) in [6.45, 7) is 0. The van der Waals surface area contributed by atoms with Crippen molar-refractivity contribution in [3.8, 4) is 11.5 Å². The molecule has 7 heteroatoms. The Morgan fingerprint density at radius 2 is 1.83 bits per heavy atom. The highest BCUT2D eigenvalue weighted by atomic mass is 35.5. The van der Waals surface area contributed by atoms with Crippen LogP contribution < -0.4 is 5.43 Å². The summed E-state index contributed by atoms with van der Waals surface area (Å²) in [7, 11) is 0. The van der Waals surface area contributed by atoms with Crippen molar-refractivity contribution >= 4 is 23.6 Å². The largest absolute Gasteiger partial charge is 0.507 e. The van der Waals surface area contributed by atoms with Crippen LogP contribution in [-0.2, 0) is 0 Å². The number of hydrogen-bond acceptors (Lipinski definition) is 6. The Balaban J connectivity index is 2.15. The fraction of sp³-hybridized carbons (Fsp3) is 0. The first-order chi connectivity index (χ1) is 8.68. The van der Waals surface area contributed by atoms with Crippen molar-refractivity contribution in [1.82, 2.24) is 9.97 Å². The minimum Gasteiger partial charge on any atom is -0.507 e. The molecule has 0 aliphatic heterocycles. The first-order valence-electron chi connectivity index (χ1n) is 4.95. The van der Waals surface area contributed by atoms with Gasteiger partial charge in [-0.05, 0) is 12.1 Å². The number of aromatic hydroxyl groups is 2. The quantitative estimate of drug-likeness (QED) is 0.582. The van der Waals surface area contributed by atoms with Gasteiger partial charge in [-0.25, -0.2) is 9.97 Å². The molecule has 6 nitrogen and oxygen atoms in total. The van der Waals surface area contributed by atoms with E-state index < -0.39 is 0 Å². The molecule has 0 fully saturated rings. The highest BCUT2D eigenvalue weighted by molar-refractivity contribution is 6.31. The molecule has 1 aromatic carbocycles. The van der Waals surface area contributed by atoms with E-state index in [1.165, 1.54) is 36.8 Å². The molecule has 0 aliphatic rings. The molecule has 92 valence electrons. The molecule has 1 heterocycles. The summed E-state index contributed by atoms with van der Waals surface area (Å²) in [5, 5.41) is 23.0. The average Bonchev–Trinajstić information content (AvgIpc) is 2.35. The van der Waals surface area contributed by atoms with Gasteiger partial charge in [0.1, 0.15) is 11.5 Å². The number of hydrazone groups is 1. The van der Waals surface area contributed by atoms with Crippen LogP contribution in [0.4, 0.5) is 5.82 Å². The van der Waals surface area contributed by atoms with E-state index in [0.29, 0.717) is 0 Å². The van der Waals surface area contributed by atoms with Crippen molar-refractivity contribution in [2.45, 2.75) is 0 Å². The number of aromatic nitrogens is 2. The van der Waals surface area contributed by atoms with Gasteiger partial charge in [0, 0.05) is 12.4 Å². The lowest BCUT2D eigenvalue weighted by molar-refractivity contribution is 0.449. The van der Waals surface area contributed by atoms with Gasteiger partial charge in [-0.15, -0.1) is 0 Å². The zero-order valence-corrected chi connectivity index (χ0v) is 9.83. The van der Waals surface area contributed by atoms with E-state index in [-0.39, 0.29) is 28.0 Å². The zero-order chi connectivity index (χ0) is 13.0. The predicted octanol–water partition coefficient (Wildman–Crippen LogP) is 1.99. The van der Waals surface area contributed by atoms with Crippen LogP contribution in [0.2, 0.25) is 5.15 Å². The van der Waals surface area contributed by atoms with Crippen LogP contribution in [0.25, 0.3) is 0 Å². The predicted molar refractivity (Wildman–Crippen MR) is 68.0 cm³/mol. The van der Waals surface area contributed by atoms with E-state index in [4.69, 9.17) is 11.6 Å². The minimum absolute atomic E-state index is 0.0780. The number of halogens is 1. The van der Waals surface area contributed by atoms with Crippen LogP contribution >= 0.6 is 11.6 Å². The van der Waals surface area contributed by atoms with Crippen LogP contribution in [0.15, 0.2) is 35.7 Å². The molecule has 0 saturated carbocycles. The smallest absolute Gasteiger partial charge is 0.184 e. The standard InChI is InChI=1S/C11H9ClN4O2/c12-10-11(14-5-4-13-10)16-15-6-7-8(17)2-1-3-9(7)18/h1-6,17-18H,(H,14,16)/b15-6-. The Morgan fingerprint density at radius 3 is 2.50 bits per heavy atom. The highest BCUT2D eigenvalue weighted by Crippen LogP contribution is 2.24. The highest BCUT2D eigenvalue weighted by Gasteiger charge is 2.04. The number of hydrogen-bond donors (Lipinski definition) is 3. The van der Waals surface area contributed by atoms with E-state index in [9.17, 15) is 10.2 Å². The number of nitrogens with one attached hydrogen (secondary N) is 1. The van der Waals surface area contributed by atoms with Crippen LogP contribution in [0.5, 0.6) is 11.5 Å². The number of benzene rings is 1. The van der Waals surface area contributed by atoms with Gasteiger partial charge in [-0.2, -0.15) is 5.10 Å². The molecule has 0 saturated heterocycles. The molecule has 0 aliphatic carbocycles. The maximum atomic E-state index is 9.51. The summed E-state index contributed by atoms with van der Waals surface area (Å²) in [5.41, 5.74) is 2.76. The Hall–Kier alpha value is -2.34. The number of rotatable bonds is 3. The first-order valence-corrected chi connectivity index (χ1v) is 5.33. The number of nitrogens with zero attached hydrogens (tertiary/aromatic N) is 3. The van der Waals surface area contributed by atoms with Crippen molar-refractivity contribution in [2.75, 3.05) is 5.43 Å². The minimum atomic E-state index is -0.0780. The molecule has 3 N–H and O–H groups in total. The number of phenolic OH excluding ortho intramolecular Hbond substituents is 2. The molecular weight excluding hydrogens is 256 g/mol. The summed E-state index contributed by atoms with van der Waals surface area (Å²) < 4.78 is 0. The molecule has 0 radical (unpaired) electrons. The fourth-order valence-electron chi connectivity index (χ4n) is 1.23. The second-order valence-electron chi connectivity index (χ2n) is 3.28. The number of anilines is 1. The monoisotopic (exact) mass is 264 g/mol. The van der Waals surface area contributed by atoms with Gasteiger partial charge in [-0.1, -0.05) is 17.7 Å². The van der Waals surface area contributed by atoms with E-state index >= 15 is 0 Å². The van der Waals surface area contributed by atoms with E-state index in [0.717, 1.165) is 0 Å². The van der Waals surface area contributed by atoms with Crippen molar-refractivity contribution in [2.24, 2.45) is 5.10 Å². The molecule has 2 aromatic rings. The third-order valence-corrected chi connectivity index (χ3v) is 2.35. The van der Waals surface area contributed by atoms with Gasteiger partial charge in [-0.3, -0.25) is 5.43 Å². The third-order valence-electron chi connectivity index (χ3n) is 2.08. The van der Waals surface area contributed by atoms with Crippen molar-refractivity contribution < 1.29 is 10.2 Å². The van der Waals surface area contributed by atoms with Crippen LogP contribution in [0, 0.1) is 0 Å². The van der Waals surface area contributed by atoms with Gasteiger partial charge < -0.3 is 10.2 Å². The van der Waals surface area contributed by atoms with Gasteiger partial charge in [0.15, 0.2) is 11.0 Å². The summed E-state index contributed by atoms with van der Waals surface area (Å²) in [6.07, 6.45) is 4.17. The molecule has 0 atom stereocenters. The Kier molecular flexibility index (Phi) is 3.59. The molecule has 0 bridgehead atoms. The lowest BCUT2D eigenvalue weighted by atomic mass is 10.2. The fourth-order valence-corrected chi connectivity index (χ4v) is 1.37. The molecule has 0 amide bonds. The summed E-state index contributed by atoms with van der Waals surface area (Å²) in [6, 6.07) is 4.40. The first kappa shape index (κ1) is 12.1. The van der Waals surface area contributed by atoms with Crippen molar-refractivity contribution in [1.29, 1.82) is 0 Å². The molecular formula is C11H9ClN4O2. The topological polar surface area (TPSA) is 90.6 Å². The zero-order valence-electron chi connectivity index (χ0n) is 9.08. The summed E-state index contributed by atoms with van der Waals surface area (Å²) in [5.74, 6) is 0.127. The maximum absolute atomic E-state index is 9.51. The lowest BCUT2D eigenvalue weighted by Gasteiger charge is -2.02. The van der Waals surface area contributed by atoms with Gasteiger partial charge in [0.05, 0.1) is 11.8 Å².